The standard InChI is InChI=1S/C18H24N2/c1-4-16-13-19-10-9-17(16)18(20-5-2)12-15-8-6-7-14(3)11-15/h6-11,13,18,20H,4-5,12H2,1-3H3. The van der Waals surface area contributed by atoms with Crippen molar-refractivity contribution in [2.24, 2.45) is 0 Å². The summed E-state index contributed by atoms with van der Waals surface area (Å²) >= 11 is 0. The molecule has 1 N–H and O–H groups in total. The molecule has 0 saturated carbocycles. The average molecular weight is 268 g/mol. The highest BCUT2D eigenvalue weighted by molar-refractivity contribution is 5.30. The Morgan fingerprint density at radius 1 is 1.20 bits per heavy atom. The number of nitrogens with zero attached hydrogens (tertiary/aromatic N) is 1. The molecule has 0 amide bonds. The van der Waals surface area contributed by atoms with Crippen molar-refractivity contribution in [3.05, 3.63) is 65.0 Å². The van der Waals surface area contributed by atoms with Gasteiger partial charge in [0.2, 0.25) is 0 Å². The van der Waals surface area contributed by atoms with E-state index in [-0.39, 0.29) is 0 Å². The van der Waals surface area contributed by atoms with Gasteiger partial charge in [-0.2, -0.15) is 0 Å². The van der Waals surface area contributed by atoms with E-state index in [2.05, 4.69) is 61.4 Å². The van der Waals surface area contributed by atoms with Crippen LogP contribution in [0.2, 0.25) is 0 Å². The van der Waals surface area contributed by atoms with Crippen LogP contribution in [0.5, 0.6) is 0 Å². The van der Waals surface area contributed by atoms with Crippen LogP contribution >= 0.6 is 0 Å². The first-order valence-electron chi connectivity index (χ1n) is 7.46. The summed E-state index contributed by atoms with van der Waals surface area (Å²) in [6.45, 7) is 7.48. The van der Waals surface area contributed by atoms with E-state index in [9.17, 15) is 0 Å². The van der Waals surface area contributed by atoms with Crippen molar-refractivity contribution < 1.29 is 0 Å². The number of hydrogen-bond donors (Lipinski definition) is 1. The van der Waals surface area contributed by atoms with Crippen LogP contribution in [0.15, 0.2) is 42.7 Å². The predicted octanol–water partition coefficient (Wildman–Crippen LogP) is 3.85. The molecule has 2 nitrogen and oxygen atoms in total. The second kappa shape index (κ2) is 7.20. The molecule has 0 aliphatic rings. The van der Waals surface area contributed by atoms with Crippen LogP contribution in [0.4, 0.5) is 0 Å². The van der Waals surface area contributed by atoms with Crippen LogP contribution < -0.4 is 5.32 Å². The SMILES string of the molecule is CCNC(Cc1cccc(C)c1)c1ccncc1CC. The molecule has 0 bridgehead atoms. The van der Waals surface area contributed by atoms with Gasteiger partial charge in [0, 0.05) is 18.4 Å². The molecule has 1 heterocycles. The van der Waals surface area contributed by atoms with Gasteiger partial charge in [-0.15, -0.1) is 0 Å². The minimum absolute atomic E-state index is 0.361. The number of rotatable bonds is 6. The minimum Gasteiger partial charge on any atom is -0.310 e. The topological polar surface area (TPSA) is 24.9 Å². The van der Waals surface area contributed by atoms with Gasteiger partial charge in [-0.1, -0.05) is 43.7 Å². The monoisotopic (exact) mass is 268 g/mol. The van der Waals surface area contributed by atoms with E-state index in [1.54, 1.807) is 0 Å². The highest BCUT2D eigenvalue weighted by atomic mass is 14.9. The molecule has 106 valence electrons. The Kier molecular flexibility index (Phi) is 5.31. The molecule has 2 rings (SSSR count). The van der Waals surface area contributed by atoms with Gasteiger partial charge in [0.15, 0.2) is 0 Å². The smallest absolute Gasteiger partial charge is 0.0364 e. The van der Waals surface area contributed by atoms with Gasteiger partial charge in [-0.3, -0.25) is 4.98 Å². The number of likely N-dealkylation sites (N-methyl/N-ethyl adjacent to an activating group) is 1. The lowest BCUT2D eigenvalue weighted by atomic mass is 9.94. The molecule has 1 aromatic heterocycles. The maximum absolute atomic E-state index is 4.25. The van der Waals surface area contributed by atoms with Gasteiger partial charge in [-0.05, 0) is 49.1 Å². The van der Waals surface area contributed by atoms with Gasteiger partial charge in [0.1, 0.15) is 0 Å². The van der Waals surface area contributed by atoms with Crippen LogP contribution in [0.3, 0.4) is 0 Å². The predicted molar refractivity (Wildman–Crippen MR) is 84.9 cm³/mol. The second-order valence-corrected chi connectivity index (χ2v) is 5.23. The second-order valence-electron chi connectivity index (χ2n) is 5.23. The number of pyridine rings is 1. The van der Waals surface area contributed by atoms with Crippen molar-refractivity contribution >= 4 is 0 Å². The summed E-state index contributed by atoms with van der Waals surface area (Å²) < 4.78 is 0. The quantitative estimate of drug-likeness (QED) is 0.861. The van der Waals surface area contributed by atoms with Crippen LogP contribution in [-0.4, -0.2) is 11.5 Å². The number of nitrogens with one attached hydrogen (secondary N) is 1. The Balaban J connectivity index is 2.26. The Labute approximate surface area is 122 Å². The van der Waals surface area contributed by atoms with Crippen LogP contribution in [-0.2, 0) is 12.8 Å². The van der Waals surface area contributed by atoms with Crippen molar-refractivity contribution in [3.8, 4) is 0 Å². The fraction of sp³-hybridized carbons (Fsp3) is 0.389. The van der Waals surface area contributed by atoms with E-state index in [1.807, 2.05) is 12.4 Å². The van der Waals surface area contributed by atoms with E-state index in [4.69, 9.17) is 0 Å². The first-order chi connectivity index (χ1) is 9.74. The number of aryl methyl sites for hydroxylation is 2. The van der Waals surface area contributed by atoms with Gasteiger partial charge >= 0.3 is 0 Å². The lowest BCUT2D eigenvalue weighted by Gasteiger charge is -2.21. The van der Waals surface area contributed by atoms with Crippen LogP contribution in [0.1, 0.15) is 42.1 Å². The number of hydrogen-bond acceptors (Lipinski definition) is 2. The summed E-state index contributed by atoms with van der Waals surface area (Å²) in [5.74, 6) is 0. The van der Waals surface area contributed by atoms with Crippen molar-refractivity contribution in [2.75, 3.05) is 6.54 Å². The maximum atomic E-state index is 4.25. The molecule has 0 saturated heterocycles. The minimum atomic E-state index is 0.361. The van der Waals surface area contributed by atoms with Crippen LogP contribution in [0.25, 0.3) is 0 Å². The number of aromatic nitrogens is 1. The molecule has 1 atom stereocenters. The van der Waals surface area contributed by atoms with E-state index in [0.29, 0.717) is 6.04 Å². The summed E-state index contributed by atoms with van der Waals surface area (Å²) in [6.07, 6.45) is 5.94. The van der Waals surface area contributed by atoms with E-state index in [0.717, 1.165) is 19.4 Å². The van der Waals surface area contributed by atoms with Crippen molar-refractivity contribution in [1.82, 2.24) is 10.3 Å². The van der Waals surface area contributed by atoms with Gasteiger partial charge in [-0.25, -0.2) is 0 Å². The van der Waals surface area contributed by atoms with Crippen molar-refractivity contribution in [3.63, 3.8) is 0 Å². The zero-order valence-corrected chi connectivity index (χ0v) is 12.7. The third-order valence-corrected chi connectivity index (χ3v) is 3.67. The van der Waals surface area contributed by atoms with Gasteiger partial charge in [0.25, 0.3) is 0 Å². The summed E-state index contributed by atoms with van der Waals surface area (Å²) in [4.78, 5) is 4.25. The molecule has 0 radical (unpaired) electrons. The molecular formula is C18H24N2. The first-order valence-corrected chi connectivity index (χ1v) is 7.46. The molecule has 2 aromatic rings. The third-order valence-electron chi connectivity index (χ3n) is 3.67. The zero-order chi connectivity index (χ0) is 14.4. The third kappa shape index (κ3) is 3.67. The Morgan fingerprint density at radius 3 is 2.75 bits per heavy atom. The first kappa shape index (κ1) is 14.7. The average Bonchev–Trinajstić information content (AvgIpc) is 2.47. The summed E-state index contributed by atoms with van der Waals surface area (Å²) in [5.41, 5.74) is 5.43. The Morgan fingerprint density at radius 2 is 2.05 bits per heavy atom. The Bertz CT molecular complexity index is 549. The Hall–Kier alpha value is -1.67. The van der Waals surface area contributed by atoms with E-state index >= 15 is 0 Å². The van der Waals surface area contributed by atoms with Gasteiger partial charge in [0.05, 0.1) is 0 Å². The molecule has 20 heavy (non-hydrogen) atoms. The number of benzene rings is 1. The van der Waals surface area contributed by atoms with E-state index < -0.39 is 0 Å². The maximum Gasteiger partial charge on any atom is 0.0364 e. The van der Waals surface area contributed by atoms with E-state index in [1.165, 1.54) is 22.3 Å². The highest BCUT2D eigenvalue weighted by Crippen LogP contribution is 2.22. The molecule has 1 aromatic carbocycles. The molecule has 0 aliphatic heterocycles. The molecule has 1 unspecified atom stereocenters. The van der Waals surface area contributed by atoms with Gasteiger partial charge < -0.3 is 5.32 Å². The molecule has 2 heteroatoms. The lowest BCUT2D eigenvalue weighted by molar-refractivity contribution is 0.545. The lowest BCUT2D eigenvalue weighted by Crippen LogP contribution is -2.24. The molecule has 0 aliphatic carbocycles. The van der Waals surface area contributed by atoms with Crippen LogP contribution in [0, 0.1) is 6.92 Å². The zero-order valence-electron chi connectivity index (χ0n) is 12.7. The fourth-order valence-electron chi connectivity index (χ4n) is 2.69. The summed E-state index contributed by atoms with van der Waals surface area (Å²) in [7, 11) is 0. The molecular weight excluding hydrogens is 244 g/mol. The van der Waals surface area contributed by atoms with Crippen molar-refractivity contribution in [1.29, 1.82) is 0 Å². The summed E-state index contributed by atoms with van der Waals surface area (Å²) in [5, 5.41) is 3.61. The molecule has 0 spiro atoms. The normalized spacial score (nSPS) is 12.3. The molecule has 0 fully saturated rings. The highest BCUT2D eigenvalue weighted by Gasteiger charge is 2.14. The fourth-order valence-corrected chi connectivity index (χ4v) is 2.69. The summed E-state index contributed by atoms with van der Waals surface area (Å²) in [6, 6.07) is 11.3. The van der Waals surface area contributed by atoms with Crippen molar-refractivity contribution in [2.45, 2.75) is 39.7 Å². The largest absolute Gasteiger partial charge is 0.310 e.